The van der Waals surface area contributed by atoms with Crippen LogP contribution in [-0.4, -0.2) is 20.2 Å². The second kappa shape index (κ2) is 4.68. The van der Waals surface area contributed by atoms with Crippen LogP contribution >= 0.6 is 15.9 Å². The zero-order valence-electron chi connectivity index (χ0n) is 9.88. The molecule has 1 aliphatic carbocycles. The molecule has 0 aliphatic heterocycles. The molecule has 5 nitrogen and oxygen atoms in total. The Kier molecular flexibility index (Phi) is 3.03. The fraction of sp³-hybridized carbons (Fsp3) is 0.417. The summed E-state index contributed by atoms with van der Waals surface area (Å²) >= 11 is 3.51. The number of rotatable bonds is 2. The lowest BCUT2D eigenvalue weighted by Gasteiger charge is -2.12. The molecule has 1 heterocycles. The van der Waals surface area contributed by atoms with E-state index in [-0.39, 0.29) is 0 Å². The number of anilines is 1. The molecule has 1 aromatic heterocycles. The van der Waals surface area contributed by atoms with Crippen molar-refractivity contribution in [2.75, 3.05) is 5.73 Å². The highest BCUT2D eigenvalue weighted by atomic mass is 79.9. The largest absolute Gasteiger partial charge is 0.398 e. The molecule has 0 atom stereocenters. The second-order valence-corrected chi connectivity index (χ2v) is 5.39. The van der Waals surface area contributed by atoms with Crippen molar-refractivity contribution in [3.05, 3.63) is 22.7 Å². The van der Waals surface area contributed by atoms with Crippen molar-refractivity contribution in [3.8, 4) is 11.4 Å². The van der Waals surface area contributed by atoms with Gasteiger partial charge in [0.2, 0.25) is 0 Å². The van der Waals surface area contributed by atoms with Crippen LogP contribution in [0.1, 0.15) is 31.7 Å². The predicted molar refractivity (Wildman–Crippen MR) is 72.9 cm³/mol. The van der Waals surface area contributed by atoms with Gasteiger partial charge in [0.05, 0.1) is 10.5 Å². The molecule has 0 bridgehead atoms. The zero-order valence-corrected chi connectivity index (χ0v) is 11.5. The summed E-state index contributed by atoms with van der Waals surface area (Å²) in [5, 5.41) is 12.1. The van der Waals surface area contributed by atoms with Crippen molar-refractivity contribution in [1.82, 2.24) is 20.2 Å². The number of tetrazole rings is 1. The van der Waals surface area contributed by atoms with Gasteiger partial charge in [0.15, 0.2) is 5.82 Å². The monoisotopic (exact) mass is 307 g/mol. The minimum absolute atomic E-state index is 0.420. The average Bonchev–Trinajstić information content (AvgIpc) is 3.01. The van der Waals surface area contributed by atoms with Gasteiger partial charge in [0, 0.05) is 11.3 Å². The van der Waals surface area contributed by atoms with Crippen LogP contribution in [0.3, 0.4) is 0 Å². The molecule has 6 heteroatoms. The maximum Gasteiger partial charge on any atom is 0.183 e. The summed E-state index contributed by atoms with van der Waals surface area (Å²) in [6.07, 6.45) is 4.81. The molecule has 18 heavy (non-hydrogen) atoms. The number of halogens is 1. The fourth-order valence-electron chi connectivity index (χ4n) is 2.49. The Morgan fingerprint density at radius 3 is 2.83 bits per heavy atom. The summed E-state index contributed by atoms with van der Waals surface area (Å²) < 4.78 is 2.80. The van der Waals surface area contributed by atoms with E-state index < -0.39 is 0 Å². The smallest absolute Gasteiger partial charge is 0.183 e. The first kappa shape index (κ1) is 11.6. The van der Waals surface area contributed by atoms with Crippen LogP contribution in [-0.2, 0) is 0 Å². The molecule has 0 spiro atoms. The molecule has 1 fully saturated rings. The third-order valence-electron chi connectivity index (χ3n) is 3.43. The standard InChI is InChI=1S/C12H14BrN5/c13-11-9(6-3-7-10(11)14)12-15-16-17-18(12)8-4-1-2-5-8/h3,6-8H,1-2,4-5,14H2. The van der Waals surface area contributed by atoms with Gasteiger partial charge in [-0.2, -0.15) is 0 Å². The lowest BCUT2D eigenvalue weighted by Crippen LogP contribution is -2.09. The quantitative estimate of drug-likeness (QED) is 0.866. The third kappa shape index (κ3) is 1.90. The highest BCUT2D eigenvalue weighted by molar-refractivity contribution is 9.10. The molecule has 2 aromatic rings. The lowest BCUT2D eigenvalue weighted by molar-refractivity contribution is 0.458. The maximum atomic E-state index is 5.91. The van der Waals surface area contributed by atoms with E-state index in [2.05, 4.69) is 31.5 Å². The molecule has 0 radical (unpaired) electrons. The lowest BCUT2D eigenvalue weighted by atomic mass is 10.1. The van der Waals surface area contributed by atoms with Crippen LogP contribution in [0.25, 0.3) is 11.4 Å². The molecule has 94 valence electrons. The molecular formula is C12H14BrN5. The van der Waals surface area contributed by atoms with Gasteiger partial charge in [-0.1, -0.05) is 18.9 Å². The Balaban J connectivity index is 2.06. The normalized spacial score (nSPS) is 16.3. The van der Waals surface area contributed by atoms with Gasteiger partial charge in [0.1, 0.15) is 0 Å². The summed E-state index contributed by atoms with van der Waals surface area (Å²) in [6.45, 7) is 0. The number of nitrogens with zero attached hydrogens (tertiary/aromatic N) is 4. The molecule has 1 aromatic carbocycles. The second-order valence-electron chi connectivity index (χ2n) is 4.59. The maximum absolute atomic E-state index is 5.91. The molecular weight excluding hydrogens is 294 g/mol. The van der Waals surface area contributed by atoms with Crippen LogP contribution in [0.4, 0.5) is 5.69 Å². The van der Waals surface area contributed by atoms with Crippen molar-refractivity contribution in [2.24, 2.45) is 0 Å². The van der Waals surface area contributed by atoms with Gasteiger partial charge in [-0.25, -0.2) is 4.68 Å². The Bertz CT molecular complexity index is 559. The van der Waals surface area contributed by atoms with Gasteiger partial charge < -0.3 is 5.73 Å². The molecule has 1 aliphatic rings. The average molecular weight is 308 g/mol. The van der Waals surface area contributed by atoms with Crippen molar-refractivity contribution in [2.45, 2.75) is 31.7 Å². The highest BCUT2D eigenvalue weighted by Gasteiger charge is 2.23. The van der Waals surface area contributed by atoms with E-state index in [1.54, 1.807) is 0 Å². The topological polar surface area (TPSA) is 69.6 Å². The molecule has 2 N–H and O–H groups in total. The van der Waals surface area contributed by atoms with Gasteiger partial charge >= 0.3 is 0 Å². The number of hydrogen-bond donors (Lipinski definition) is 1. The van der Waals surface area contributed by atoms with Crippen molar-refractivity contribution < 1.29 is 0 Å². The van der Waals surface area contributed by atoms with Crippen LogP contribution in [0, 0.1) is 0 Å². The van der Waals surface area contributed by atoms with E-state index in [9.17, 15) is 0 Å². The van der Waals surface area contributed by atoms with E-state index in [1.165, 1.54) is 12.8 Å². The first-order valence-corrected chi connectivity index (χ1v) is 6.89. The first-order valence-electron chi connectivity index (χ1n) is 6.09. The van der Waals surface area contributed by atoms with Crippen LogP contribution in [0.5, 0.6) is 0 Å². The molecule has 3 rings (SSSR count). The van der Waals surface area contributed by atoms with Crippen LogP contribution in [0.15, 0.2) is 22.7 Å². The van der Waals surface area contributed by atoms with Crippen molar-refractivity contribution >= 4 is 21.6 Å². The number of nitrogen functional groups attached to an aromatic ring is 1. The van der Waals surface area contributed by atoms with Gasteiger partial charge in [-0.3, -0.25) is 0 Å². The zero-order chi connectivity index (χ0) is 12.5. The predicted octanol–water partition coefficient (Wildman–Crippen LogP) is 2.80. The van der Waals surface area contributed by atoms with E-state index >= 15 is 0 Å². The van der Waals surface area contributed by atoms with Gasteiger partial charge in [-0.15, -0.1) is 5.10 Å². The summed E-state index contributed by atoms with van der Waals surface area (Å²) in [6, 6.07) is 6.18. The van der Waals surface area contributed by atoms with Crippen molar-refractivity contribution in [1.29, 1.82) is 0 Å². The minimum atomic E-state index is 0.420. The summed E-state index contributed by atoms with van der Waals surface area (Å²) in [5.41, 5.74) is 7.56. The summed E-state index contributed by atoms with van der Waals surface area (Å²) in [4.78, 5) is 0. The number of aromatic nitrogens is 4. The van der Waals surface area contributed by atoms with E-state index in [0.29, 0.717) is 11.7 Å². The summed E-state index contributed by atoms with van der Waals surface area (Å²) in [7, 11) is 0. The number of nitrogens with two attached hydrogens (primary N) is 1. The Morgan fingerprint density at radius 1 is 1.28 bits per heavy atom. The van der Waals surface area contributed by atoms with E-state index in [4.69, 9.17) is 5.73 Å². The van der Waals surface area contributed by atoms with Crippen molar-refractivity contribution in [3.63, 3.8) is 0 Å². The number of benzene rings is 1. The molecule has 0 unspecified atom stereocenters. The summed E-state index contributed by atoms with van der Waals surface area (Å²) in [5.74, 6) is 0.793. The Morgan fingerprint density at radius 2 is 2.06 bits per heavy atom. The van der Waals surface area contributed by atoms with Gasteiger partial charge in [-0.05, 0) is 51.3 Å². The minimum Gasteiger partial charge on any atom is -0.398 e. The molecule has 0 amide bonds. The van der Waals surface area contributed by atoms with Crippen LogP contribution < -0.4 is 5.73 Å². The Hall–Kier alpha value is -1.43. The van der Waals surface area contributed by atoms with Gasteiger partial charge in [0.25, 0.3) is 0 Å². The number of hydrogen-bond acceptors (Lipinski definition) is 4. The Labute approximate surface area is 113 Å². The SMILES string of the molecule is Nc1cccc(-c2nnnn2C2CCCC2)c1Br. The van der Waals surface area contributed by atoms with Crippen LogP contribution in [0.2, 0.25) is 0 Å². The highest BCUT2D eigenvalue weighted by Crippen LogP contribution is 2.35. The first-order chi connectivity index (χ1) is 8.77. The van der Waals surface area contributed by atoms with E-state index in [1.807, 2.05) is 22.9 Å². The fourth-order valence-corrected chi connectivity index (χ4v) is 2.93. The molecule has 0 saturated heterocycles. The third-order valence-corrected chi connectivity index (χ3v) is 4.32. The molecule has 1 saturated carbocycles. The van der Waals surface area contributed by atoms with E-state index in [0.717, 1.165) is 28.7 Å².